The highest BCUT2D eigenvalue weighted by Crippen LogP contribution is 2.27. The van der Waals surface area contributed by atoms with Crippen LogP contribution in [0.5, 0.6) is 0 Å². The van der Waals surface area contributed by atoms with Crippen LogP contribution in [-0.4, -0.2) is 43.7 Å². The predicted octanol–water partition coefficient (Wildman–Crippen LogP) is 2.77. The van der Waals surface area contributed by atoms with E-state index in [9.17, 15) is 4.79 Å². The number of carbonyl (C=O) groups is 1. The number of rotatable bonds is 4. The third-order valence-electron chi connectivity index (χ3n) is 4.78. The van der Waals surface area contributed by atoms with Crippen LogP contribution in [0.25, 0.3) is 0 Å². The molecule has 2 N–H and O–H groups in total. The van der Waals surface area contributed by atoms with Gasteiger partial charge in [-0.2, -0.15) is 0 Å². The highest BCUT2D eigenvalue weighted by molar-refractivity contribution is 5.92. The molecule has 0 unspecified atom stereocenters. The lowest BCUT2D eigenvalue weighted by Gasteiger charge is -2.41. The number of benzene rings is 2. The number of nitrogen functional groups attached to an aromatic ring is 1. The first-order chi connectivity index (χ1) is 12.1. The SMILES string of the molecule is COC(=O)c1ccc(N2CCN(Cc3ccccc3)[C@H](C)C2)c(N)c1. The highest BCUT2D eigenvalue weighted by atomic mass is 16.5. The minimum absolute atomic E-state index is 0.362. The minimum Gasteiger partial charge on any atom is -0.465 e. The van der Waals surface area contributed by atoms with E-state index >= 15 is 0 Å². The number of nitrogens with two attached hydrogens (primary N) is 1. The van der Waals surface area contributed by atoms with Crippen molar-refractivity contribution < 1.29 is 9.53 Å². The first kappa shape index (κ1) is 17.3. The van der Waals surface area contributed by atoms with E-state index in [1.807, 2.05) is 12.1 Å². The molecule has 1 saturated heterocycles. The van der Waals surface area contributed by atoms with Crippen molar-refractivity contribution in [3.8, 4) is 0 Å². The molecule has 1 aliphatic heterocycles. The molecule has 5 heteroatoms. The van der Waals surface area contributed by atoms with Crippen LogP contribution in [0.4, 0.5) is 11.4 Å². The molecule has 2 aromatic rings. The fraction of sp³-hybridized carbons (Fsp3) is 0.350. The Bertz CT molecular complexity index is 733. The number of ether oxygens (including phenoxy) is 1. The fourth-order valence-electron chi connectivity index (χ4n) is 3.35. The van der Waals surface area contributed by atoms with Crippen molar-refractivity contribution in [2.75, 3.05) is 37.4 Å². The second-order valence-corrected chi connectivity index (χ2v) is 6.52. The summed E-state index contributed by atoms with van der Waals surface area (Å²) < 4.78 is 4.75. The molecule has 1 heterocycles. The Labute approximate surface area is 149 Å². The van der Waals surface area contributed by atoms with E-state index in [1.54, 1.807) is 12.1 Å². The van der Waals surface area contributed by atoms with Gasteiger partial charge in [-0.1, -0.05) is 30.3 Å². The Kier molecular flexibility index (Phi) is 5.24. The van der Waals surface area contributed by atoms with Gasteiger partial charge in [-0.05, 0) is 30.7 Å². The summed E-state index contributed by atoms with van der Waals surface area (Å²) in [5, 5.41) is 0. The standard InChI is InChI=1S/C20H25N3O2/c1-15-13-23(11-10-22(15)14-16-6-4-3-5-7-16)19-9-8-17(12-18(19)21)20(24)25-2/h3-9,12,15H,10-11,13-14,21H2,1-2H3/t15-/m1/s1. The van der Waals surface area contributed by atoms with Crippen molar-refractivity contribution in [3.63, 3.8) is 0 Å². The highest BCUT2D eigenvalue weighted by Gasteiger charge is 2.25. The van der Waals surface area contributed by atoms with Crippen molar-refractivity contribution >= 4 is 17.3 Å². The topological polar surface area (TPSA) is 58.8 Å². The summed E-state index contributed by atoms with van der Waals surface area (Å²) in [4.78, 5) is 16.4. The van der Waals surface area contributed by atoms with Crippen molar-refractivity contribution in [3.05, 3.63) is 59.7 Å². The van der Waals surface area contributed by atoms with Gasteiger partial charge in [-0.15, -0.1) is 0 Å². The van der Waals surface area contributed by atoms with Gasteiger partial charge in [0.1, 0.15) is 0 Å². The maximum absolute atomic E-state index is 11.6. The summed E-state index contributed by atoms with van der Waals surface area (Å²) in [5.41, 5.74) is 9.61. The average Bonchev–Trinajstić information content (AvgIpc) is 2.63. The number of hydrogen-bond acceptors (Lipinski definition) is 5. The lowest BCUT2D eigenvalue weighted by Crippen LogP contribution is -2.51. The summed E-state index contributed by atoms with van der Waals surface area (Å²) in [6.45, 7) is 6.02. The quantitative estimate of drug-likeness (QED) is 0.686. The molecule has 0 spiro atoms. The molecule has 5 nitrogen and oxygen atoms in total. The maximum Gasteiger partial charge on any atom is 0.337 e. The summed E-state index contributed by atoms with van der Waals surface area (Å²) in [7, 11) is 1.38. The predicted molar refractivity (Wildman–Crippen MR) is 101 cm³/mol. The first-order valence-corrected chi connectivity index (χ1v) is 8.59. The number of piperazine rings is 1. The molecule has 1 fully saturated rings. The van der Waals surface area contributed by atoms with E-state index in [1.165, 1.54) is 12.7 Å². The molecule has 2 aromatic carbocycles. The van der Waals surface area contributed by atoms with Crippen molar-refractivity contribution in [1.29, 1.82) is 0 Å². The average molecular weight is 339 g/mol. The van der Waals surface area contributed by atoms with Crippen LogP contribution in [0, 0.1) is 0 Å². The van der Waals surface area contributed by atoms with E-state index < -0.39 is 0 Å². The smallest absolute Gasteiger partial charge is 0.337 e. The Morgan fingerprint density at radius 2 is 1.96 bits per heavy atom. The molecule has 0 amide bonds. The number of esters is 1. The normalized spacial score (nSPS) is 18.2. The molecular weight excluding hydrogens is 314 g/mol. The fourth-order valence-corrected chi connectivity index (χ4v) is 3.35. The number of anilines is 2. The zero-order chi connectivity index (χ0) is 17.8. The Balaban J connectivity index is 1.67. The van der Waals surface area contributed by atoms with Gasteiger partial charge in [-0.25, -0.2) is 4.79 Å². The van der Waals surface area contributed by atoms with E-state index in [-0.39, 0.29) is 5.97 Å². The Morgan fingerprint density at radius 1 is 1.20 bits per heavy atom. The number of carbonyl (C=O) groups excluding carboxylic acids is 1. The van der Waals surface area contributed by atoms with Crippen molar-refractivity contribution in [2.45, 2.75) is 19.5 Å². The van der Waals surface area contributed by atoms with Crippen LogP contribution in [0.1, 0.15) is 22.8 Å². The molecule has 0 aliphatic carbocycles. The van der Waals surface area contributed by atoms with Gasteiger partial charge in [0.05, 0.1) is 24.0 Å². The zero-order valence-electron chi connectivity index (χ0n) is 14.8. The molecule has 1 atom stereocenters. The lowest BCUT2D eigenvalue weighted by atomic mass is 10.1. The second-order valence-electron chi connectivity index (χ2n) is 6.52. The van der Waals surface area contributed by atoms with Gasteiger partial charge >= 0.3 is 5.97 Å². The van der Waals surface area contributed by atoms with Crippen molar-refractivity contribution in [1.82, 2.24) is 4.90 Å². The van der Waals surface area contributed by atoms with Crippen molar-refractivity contribution in [2.24, 2.45) is 0 Å². The van der Waals surface area contributed by atoms with Gasteiger partial charge in [0, 0.05) is 32.2 Å². The van der Waals surface area contributed by atoms with Crippen LogP contribution in [0.3, 0.4) is 0 Å². The van der Waals surface area contributed by atoms with Crippen LogP contribution < -0.4 is 10.6 Å². The Hall–Kier alpha value is -2.53. The van der Waals surface area contributed by atoms with Gasteiger partial charge in [-0.3, -0.25) is 4.90 Å². The third-order valence-corrected chi connectivity index (χ3v) is 4.78. The molecule has 0 radical (unpaired) electrons. The number of methoxy groups -OCH3 is 1. The molecule has 25 heavy (non-hydrogen) atoms. The van der Waals surface area contributed by atoms with E-state index in [0.717, 1.165) is 31.9 Å². The zero-order valence-corrected chi connectivity index (χ0v) is 14.8. The largest absolute Gasteiger partial charge is 0.465 e. The molecule has 1 aliphatic rings. The van der Waals surface area contributed by atoms with E-state index in [0.29, 0.717) is 17.3 Å². The molecule has 0 aromatic heterocycles. The van der Waals surface area contributed by atoms with Crippen LogP contribution in [-0.2, 0) is 11.3 Å². The summed E-state index contributed by atoms with van der Waals surface area (Å²) in [5.74, 6) is -0.362. The molecule has 0 bridgehead atoms. The van der Waals surface area contributed by atoms with Crippen LogP contribution in [0.15, 0.2) is 48.5 Å². The molecular formula is C20H25N3O2. The molecule has 3 rings (SSSR count). The second kappa shape index (κ2) is 7.57. The van der Waals surface area contributed by atoms with Gasteiger partial charge in [0.25, 0.3) is 0 Å². The maximum atomic E-state index is 11.6. The molecule has 132 valence electrons. The Morgan fingerprint density at radius 3 is 2.60 bits per heavy atom. The summed E-state index contributed by atoms with van der Waals surface area (Å²) in [6, 6.07) is 16.4. The summed E-state index contributed by atoms with van der Waals surface area (Å²) in [6.07, 6.45) is 0. The molecule has 0 saturated carbocycles. The van der Waals surface area contributed by atoms with E-state index in [2.05, 4.69) is 41.0 Å². The monoisotopic (exact) mass is 339 g/mol. The van der Waals surface area contributed by atoms with Crippen LogP contribution >= 0.6 is 0 Å². The third kappa shape index (κ3) is 3.94. The van der Waals surface area contributed by atoms with E-state index in [4.69, 9.17) is 10.5 Å². The van der Waals surface area contributed by atoms with Gasteiger partial charge < -0.3 is 15.4 Å². The first-order valence-electron chi connectivity index (χ1n) is 8.59. The minimum atomic E-state index is -0.362. The number of nitrogens with zero attached hydrogens (tertiary/aromatic N) is 2. The van der Waals surface area contributed by atoms with Gasteiger partial charge in [0.15, 0.2) is 0 Å². The van der Waals surface area contributed by atoms with Gasteiger partial charge in [0.2, 0.25) is 0 Å². The lowest BCUT2D eigenvalue weighted by molar-refractivity contribution is 0.0601. The number of hydrogen-bond donors (Lipinski definition) is 1. The van der Waals surface area contributed by atoms with Crippen LogP contribution in [0.2, 0.25) is 0 Å². The summed E-state index contributed by atoms with van der Waals surface area (Å²) >= 11 is 0.